The summed E-state index contributed by atoms with van der Waals surface area (Å²) in [5, 5.41) is 9.45. The van der Waals surface area contributed by atoms with Crippen molar-refractivity contribution in [1.29, 1.82) is 0 Å². The van der Waals surface area contributed by atoms with Crippen LogP contribution in [0.25, 0.3) is 0 Å². The van der Waals surface area contributed by atoms with Crippen LogP contribution in [0.1, 0.15) is 20.3 Å². The van der Waals surface area contributed by atoms with Crippen molar-refractivity contribution in [2.75, 3.05) is 11.5 Å². The van der Waals surface area contributed by atoms with E-state index in [9.17, 15) is 5.11 Å². The largest absolute Gasteiger partial charge is 0.392 e. The normalized spacial score (nSPS) is 30.5. The van der Waals surface area contributed by atoms with Gasteiger partial charge in [-0.25, -0.2) is 0 Å². The van der Waals surface area contributed by atoms with Crippen LogP contribution in [0.3, 0.4) is 0 Å². The molecule has 0 amide bonds. The minimum absolute atomic E-state index is 0.0596. The molecule has 0 aromatic rings. The Morgan fingerprint density at radius 2 is 2.27 bits per heavy atom. The topological polar surface area (TPSA) is 20.2 Å². The van der Waals surface area contributed by atoms with Gasteiger partial charge < -0.3 is 5.11 Å². The van der Waals surface area contributed by atoms with Gasteiger partial charge in [0.2, 0.25) is 0 Å². The molecule has 2 unspecified atom stereocenters. The van der Waals surface area contributed by atoms with Crippen LogP contribution in [-0.4, -0.2) is 22.7 Å². The Bertz CT molecular complexity index is 150. The fourth-order valence-electron chi connectivity index (χ4n) is 1.20. The minimum atomic E-state index is -0.0596. The second-order valence-electron chi connectivity index (χ2n) is 3.38. The van der Waals surface area contributed by atoms with Crippen LogP contribution in [0.2, 0.25) is 0 Å². The van der Waals surface area contributed by atoms with E-state index in [-0.39, 0.29) is 6.10 Å². The van der Waals surface area contributed by atoms with Gasteiger partial charge in [0, 0.05) is 5.75 Å². The van der Waals surface area contributed by atoms with Crippen LogP contribution in [0.5, 0.6) is 0 Å². The molecule has 1 nitrogen and oxygen atoms in total. The summed E-state index contributed by atoms with van der Waals surface area (Å²) in [6.07, 6.45) is 3.21. The molecule has 1 heterocycles. The molecule has 0 aromatic carbocycles. The molecule has 0 aliphatic carbocycles. The SMILES string of the molecule is CC(C)=CCC1CSCC1O. The molecule has 64 valence electrons. The van der Waals surface area contributed by atoms with E-state index >= 15 is 0 Å². The lowest BCUT2D eigenvalue weighted by molar-refractivity contribution is 0.151. The highest BCUT2D eigenvalue weighted by atomic mass is 32.2. The molecule has 11 heavy (non-hydrogen) atoms. The Labute approximate surface area is 72.9 Å². The fraction of sp³-hybridized carbons (Fsp3) is 0.778. The van der Waals surface area contributed by atoms with Crippen LogP contribution in [-0.2, 0) is 0 Å². The zero-order valence-electron chi connectivity index (χ0n) is 7.21. The summed E-state index contributed by atoms with van der Waals surface area (Å²) in [7, 11) is 0. The summed E-state index contributed by atoms with van der Waals surface area (Å²) in [4.78, 5) is 0. The predicted octanol–water partition coefficient (Wildman–Crippen LogP) is 2.07. The average molecular weight is 172 g/mol. The zero-order valence-corrected chi connectivity index (χ0v) is 8.03. The van der Waals surface area contributed by atoms with Gasteiger partial charge in [0.05, 0.1) is 6.10 Å². The van der Waals surface area contributed by atoms with Crippen molar-refractivity contribution in [3.63, 3.8) is 0 Å². The quantitative estimate of drug-likeness (QED) is 0.643. The van der Waals surface area contributed by atoms with Crippen molar-refractivity contribution < 1.29 is 5.11 Å². The van der Waals surface area contributed by atoms with E-state index in [1.165, 1.54) is 5.57 Å². The number of aliphatic hydroxyl groups is 1. The Morgan fingerprint density at radius 3 is 2.73 bits per heavy atom. The molecular weight excluding hydrogens is 156 g/mol. The maximum absolute atomic E-state index is 9.45. The van der Waals surface area contributed by atoms with Crippen molar-refractivity contribution in [2.45, 2.75) is 26.4 Å². The lowest BCUT2D eigenvalue weighted by Crippen LogP contribution is -2.16. The summed E-state index contributed by atoms with van der Waals surface area (Å²) in [6, 6.07) is 0. The van der Waals surface area contributed by atoms with Crippen LogP contribution < -0.4 is 0 Å². The Kier molecular flexibility index (Phi) is 3.46. The van der Waals surface area contributed by atoms with E-state index in [1.54, 1.807) is 0 Å². The number of allylic oxidation sites excluding steroid dienone is 2. The predicted molar refractivity (Wildman–Crippen MR) is 50.9 cm³/mol. The molecule has 1 aliphatic rings. The Morgan fingerprint density at radius 1 is 1.55 bits per heavy atom. The first-order chi connectivity index (χ1) is 5.20. The minimum Gasteiger partial charge on any atom is -0.392 e. The summed E-state index contributed by atoms with van der Waals surface area (Å²) in [5.41, 5.74) is 1.36. The molecule has 0 bridgehead atoms. The van der Waals surface area contributed by atoms with Gasteiger partial charge in [-0.05, 0) is 31.9 Å². The summed E-state index contributed by atoms with van der Waals surface area (Å²) in [6.45, 7) is 4.21. The van der Waals surface area contributed by atoms with Gasteiger partial charge in [0.1, 0.15) is 0 Å². The molecule has 2 heteroatoms. The van der Waals surface area contributed by atoms with Crippen LogP contribution in [0, 0.1) is 5.92 Å². The van der Waals surface area contributed by atoms with E-state index in [4.69, 9.17) is 0 Å². The van der Waals surface area contributed by atoms with Crippen molar-refractivity contribution in [3.8, 4) is 0 Å². The third kappa shape index (κ3) is 2.88. The summed E-state index contributed by atoms with van der Waals surface area (Å²) >= 11 is 1.86. The lowest BCUT2D eigenvalue weighted by Gasteiger charge is -2.09. The van der Waals surface area contributed by atoms with Gasteiger partial charge in [-0.2, -0.15) is 11.8 Å². The molecule has 0 aromatic heterocycles. The van der Waals surface area contributed by atoms with Gasteiger partial charge in [0.25, 0.3) is 0 Å². The number of aliphatic hydroxyl groups excluding tert-OH is 1. The van der Waals surface area contributed by atoms with Gasteiger partial charge in [-0.3, -0.25) is 0 Å². The van der Waals surface area contributed by atoms with E-state index in [2.05, 4.69) is 19.9 Å². The molecule has 0 spiro atoms. The van der Waals surface area contributed by atoms with E-state index in [0.717, 1.165) is 17.9 Å². The number of rotatable bonds is 2. The molecular formula is C9H16OS. The standard InChI is InChI=1S/C9H16OS/c1-7(2)3-4-8-5-11-6-9(8)10/h3,8-10H,4-6H2,1-2H3. The van der Waals surface area contributed by atoms with Crippen molar-refractivity contribution >= 4 is 11.8 Å². The first-order valence-electron chi connectivity index (χ1n) is 4.09. The second-order valence-corrected chi connectivity index (χ2v) is 4.46. The van der Waals surface area contributed by atoms with Crippen LogP contribution in [0.15, 0.2) is 11.6 Å². The maximum atomic E-state index is 9.45. The molecule has 1 aliphatic heterocycles. The molecule has 0 saturated carbocycles. The number of hydrogen-bond acceptors (Lipinski definition) is 2. The molecule has 1 N–H and O–H groups in total. The number of hydrogen-bond donors (Lipinski definition) is 1. The van der Waals surface area contributed by atoms with Crippen molar-refractivity contribution in [3.05, 3.63) is 11.6 Å². The van der Waals surface area contributed by atoms with E-state index in [1.807, 2.05) is 11.8 Å². The summed E-state index contributed by atoms with van der Waals surface area (Å²) in [5.74, 6) is 2.57. The smallest absolute Gasteiger partial charge is 0.0669 e. The van der Waals surface area contributed by atoms with Gasteiger partial charge in [0.15, 0.2) is 0 Å². The summed E-state index contributed by atoms with van der Waals surface area (Å²) < 4.78 is 0. The molecule has 1 fully saturated rings. The first-order valence-corrected chi connectivity index (χ1v) is 5.25. The molecule has 0 radical (unpaired) electrons. The first kappa shape index (κ1) is 9.14. The number of thioether (sulfide) groups is 1. The van der Waals surface area contributed by atoms with Crippen molar-refractivity contribution in [2.24, 2.45) is 5.92 Å². The fourth-order valence-corrected chi connectivity index (χ4v) is 2.51. The van der Waals surface area contributed by atoms with Crippen LogP contribution >= 0.6 is 11.8 Å². The Hall–Kier alpha value is 0.0500. The third-order valence-electron chi connectivity index (χ3n) is 1.99. The molecule has 1 saturated heterocycles. The lowest BCUT2D eigenvalue weighted by atomic mass is 10.0. The second kappa shape index (κ2) is 4.17. The van der Waals surface area contributed by atoms with E-state index < -0.39 is 0 Å². The third-order valence-corrected chi connectivity index (χ3v) is 3.23. The maximum Gasteiger partial charge on any atom is 0.0669 e. The average Bonchev–Trinajstić information content (AvgIpc) is 2.31. The van der Waals surface area contributed by atoms with E-state index in [0.29, 0.717) is 5.92 Å². The van der Waals surface area contributed by atoms with Gasteiger partial charge >= 0.3 is 0 Å². The zero-order chi connectivity index (χ0) is 8.27. The molecule has 1 rings (SSSR count). The highest BCUT2D eigenvalue weighted by Gasteiger charge is 2.24. The molecule has 2 atom stereocenters. The van der Waals surface area contributed by atoms with Crippen molar-refractivity contribution in [1.82, 2.24) is 0 Å². The highest BCUT2D eigenvalue weighted by Crippen LogP contribution is 2.27. The Balaban J connectivity index is 2.31. The highest BCUT2D eigenvalue weighted by molar-refractivity contribution is 7.99. The van der Waals surface area contributed by atoms with Gasteiger partial charge in [-0.1, -0.05) is 11.6 Å². The van der Waals surface area contributed by atoms with Gasteiger partial charge in [-0.15, -0.1) is 0 Å². The monoisotopic (exact) mass is 172 g/mol. The van der Waals surface area contributed by atoms with Crippen LogP contribution in [0.4, 0.5) is 0 Å².